The Kier molecular flexibility index (Phi) is 7.82. The van der Waals surface area contributed by atoms with Crippen LogP contribution in [0.4, 0.5) is 5.69 Å². The number of rotatable bonds is 6. The largest absolute Gasteiger partial charge is 0.489 e. The zero-order chi connectivity index (χ0) is 14.2. The molecule has 1 fully saturated rings. The first-order valence-electron chi connectivity index (χ1n) is 6.72. The monoisotopic (exact) mass is 312 g/mol. The van der Waals surface area contributed by atoms with Gasteiger partial charge >= 0.3 is 0 Å². The molecule has 5 nitrogen and oxygen atoms in total. The number of carbonyl (C=O) groups excluding carboxylic acids is 1. The number of carbonyl (C=O) groups is 1. The molecule has 0 aromatic heterocycles. The lowest BCUT2D eigenvalue weighted by Crippen LogP contribution is -2.43. The summed E-state index contributed by atoms with van der Waals surface area (Å²) in [5.41, 5.74) is 0.730. The Morgan fingerprint density at radius 1 is 1.57 bits per heavy atom. The van der Waals surface area contributed by atoms with Gasteiger partial charge < -0.3 is 20.1 Å². The SMILES string of the molecule is C=CCOc1cccc(NC(=O)CC2COCCN2)c1.Cl. The first kappa shape index (κ1) is 17.5. The molecule has 1 unspecified atom stereocenters. The molecule has 0 bridgehead atoms. The van der Waals surface area contributed by atoms with Crippen molar-refractivity contribution < 1.29 is 14.3 Å². The molecule has 1 heterocycles. The minimum absolute atomic E-state index is 0. The van der Waals surface area contributed by atoms with E-state index < -0.39 is 0 Å². The Hall–Kier alpha value is -1.56. The highest BCUT2D eigenvalue weighted by Crippen LogP contribution is 2.17. The standard InChI is InChI=1S/C15H20N2O3.ClH/c1-2-7-20-14-5-3-4-12(9-14)17-15(18)10-13-11-19-8-6-16-13;/h2-5,9,13,16H,1,6-8,10-11H2,(H,17,18);1H. The van der Waals surface area contributed by atoms with Gasteiger partial charge in [-0.05, 0) is 12.1 Å². The number of morpholine rings is 1. The molecule has 0 spiro atoms. The third-order valence-electron chi connectivity index (χ3n) is 2.92. The van der Waals surface area contributed by atoms with Gasteiger partial charge in [-0.25, -0.2) is 0 Å². The molecule has 21 heavy (non-hydrogen) atoms. The minimum atomic E-state index is -0.0335. The highest BCUT2D eigenvalue weighted by molar-refractivity contribution is 5.91. The number of benzene rings is 1. The van der Waals surface area contributed by atoms with Crippen LogP contribution < -0.4 is 15.4 Å². The predicted octanol–water partition coefficient (Wildman–Crippen LogP) is 1.99. The molecule has 1 aliphatic rings. The molecule has 116 valence electrons. The molecule has 1 saturated heterocycles. The van der Waals surface area contributed by atoms with Gasteiger partial charge in [0.05, 0.1) is 13.2 Å². The van der Waals surface area contributed by atoms with E-state index in [1.54, 1.807) is 12.1 Å². The first-order valence-corrected chi connectivity index (χ1v) is 6.72. The van der Waals surface area contributed by atoms with E-state index in [-0.39, 0.29) is 24.4 Å². The third-order valence-corrected chi connectivity index (χ3v) is 2.92. The molecular formula is C15H21ClN2O3. The van der Waals surface area contributed by atoms with Gasteiger partial charge in [0.15, 0.2) is 0 Å². The van der Waals surface area contributed by atoms with E-state index >= 15 is 0 Å². The van der Waals surface area contributed by atoms with Crippen LogP contribution in [0.1, 0.15) is 6.42 Å². The summed E-state index contributed by atoms with van der Waals surface area (Å²) in [6.07, 6.45) is 2.08. The van der Waals surface area contributed by atoms with E-state index in [0.29, 0.717) is 32.0 Å². The molecule has 2 rings (SSSR count). The average molecular weight is 313 g/mol. The second-order valence-corrected chi connectivity index (χ2v) is 4.61. The molecule has 0 aliphatic carbocycles. The molecular weight excluding hydrogens is 292 g/mol. The fourth-order valence-corrected chi connectivity index (χ4v) is 2.01. The number of halogens is 1. The fourth-order valence-electron chi connectivity index (χ4n) is 2.01. The summed E-state index contributed by atoms with van der Waals surface area (Å²) in [5.74, 6) is 0.677. The summed E-state index contributed by atoms with van der Waals surface area (Å²) in [7, 11) is 0. The summed E-state index contributed by atoms with van der Waals surface area (Å²) >= 11 is 0. The van der Waals surface area contributed by atoms with Gasteiger partial charge in [-0.2, -0.15) is 0 Å². The van der Waals surface area contributed by atoms with Crippen LogP contribution in [-0.2, 0) is 9.53 Å². The van der Waals surface area contributed by atoms with Crippen molar-refractivity contribution >= 4 is 24.0 Å². The topological polar surface area (TPSA) is 59.6 Å². The third kappa shape index (κ3) is 6.16. The zero-order valence-electron chi connectivity index (χ0n) is 11.8. The molecule has 0 saturated carbocycles. The predicted molar refractivity (Wildman–Crippen MR) is 85.2 cm³/mol. The first-order chi connectivity index (χ1) is 9.78. The van der Waals surface area contributed by atoms with Crippen molar-refractivity contribution in [3.63, 3.8) is 0 Å². The maximum absolute atomic E-state index is 11.9. The normalized spacial score (nSPS) is 17.4. The van der Waals surface area contributed by atoms with Gasteiger partial charge in [0.2, 0.25) is 5.91 Å². The fraction of sp³-hybridized carbons (Fsp3) is 0.400. The molecule has 1 aromatic rings. The van der Waals surface area contributed by atoms with Crippen LogP contribution in [0.15, 0.2) is 36.9 Å². The smallest absolute Gasteiger partial charge is 0.226 e. The molecule has 1 aromatic carbocycles. The quantitative estimate of drug-likeness (QED) is 0.789. The van der Waals surface area contributed by atoms with Gasteiger partial charge in [0.25, 0.3) is 0 Å². The maximum Gasteiger partial charge on any atom is 0.226 e. The number of anilines is 1. The summed E-state index contributed by atoms with van der Waals surface area (Å²) in [6.45, 7) is 6.13. The highest BCUT2D eigenvalue weighted by Gasteiger charge is 2.16. The van der Waals surface area contributed by atoms with Crippen LogP contribution in [0.2, 0.25) is 0 Å². The Morgan fingerprint density at radius 3 is 3.14 bits per heavy atom. The highest BCUT2D eigenvalue weighted by atomic mass is 35.5. The lowest BCUT2D eigenvalue weighted by Gasteiger charge is -2.23. The summed E-state index contributed by atoms with van der Waals surface area (Å²) in [6, 6.07) is 7.41. The summed E-state index contributed by atoms with van der Waals surface area (Å²) < 4.78 is 10.8. The molecule has 1 atom stereocenters. The van der Waals surface area contributed by atoms with E-state index in [9.17, 15) is 4.79 Å². The van der Waals surface area contributed by atoms with Crippen LogP contribution in [-0.4, -0.2) is 38.3 Å². The van der Waals surface area contributed by atoms with Crippen LogP contribution in [0, 0.1) is 0 Å². The van der Waals surface area contributed by atoms with Crippen molar-refractivity contribution in [2.45, 2.75) is 12.5 Å². The number of hydrogen-bond acceptors (Lipinski definition) is 4. The van der Waals surface area contributed by atoms with Crippen LogP contribution in [0.25, 0.3) is 0 Å². The second kappa shape index (κ2) is 9.39. The number of amides is 1. The van der Waals surface area contributed by atoms with E-state index in [4.69, 9.17) is 9.47 Å². The average Bonchev–Trinajstić information content (AvgIpc) is 2.46. The van der Waals surface area contributed by atoms with Gasteiger partial charge in [0.1, 0.15) is 12.4 Å². The van der Waals surface area contributed by atoms with Crippen LogP contribution in [0.5, 0.6) is 5.75 Å². The summed E-state index contributed by atoms with van der Waals surface area (Å²) in [4.78, 5) is 11.9. The van der Waals surface area contributed by atoms with E-state index in [1.165, 1.54) is 0 Å². The molecule has 0 radical (unpaired) electrons. The van der Waals surface area contributed by atoms with Crippen molar-refractivity contribution in [3.05, 3.63) is 36.9 Å². The van der Waals surface area contributed by atoms with Crippen LogP contribution >= 0.6 is 12.4 Å². The summed E-state index contributed by atoms with van der Waals surface area (Å²) in [5, 5.41) is 6.12. The van der Waals surface area contributed by atoms with Crippen LogP contribution in [0.3, 0.4) is 0 Å². The van der Waals surface area contributed by atoms with E-state index in [1.807, 2.05) is 18.2 Å². The van der Waals surface area contributed by atoms with E-state index in [2.05, 4.69) is 17.2 Å². The molecule has 1 aliphatic heterocycles. The van der Waals surface area contributed by atoms with Gasteiger partial charge in [-0.3, -0.25) is 4.79 Å². The Morgan fingerprint density at radius 2 is 2.43 bits per heavy atom. The molecule has 6 heteroatoms. The van der Waals surface area contributed by atoms with Crippen molar-refractivity contribution in [3.8, 4) is 5.75 Å². The maximum atomic E-state index is 11.9. The van der Waals surface area contributed by atoms with Crippen molar-refractivity contribution in [1.29, 1.82) is 0 Å². The Bertz CT molecular complexity index is 462. The second-order valence-electron chi connectivity index (χ2n) is 4.61. The van der Waals surface area contributed by atoms with Crippen molar-refractivity contribution in [2.24, 2.45) is 0 Å². The number of ether oxygens (including phenoxy) is 2. The molecule has 1 amide bonds. The van der Waals surface area contributed by atoms with Gasteiger partial charge in [0, 0.05) is 30.8 Å². The number of nitrogens with one attached hydrogen (secondary N) is 2. The van der Waals surface area contributed by atoms with E-state index in [0.717, 1.165) is 12.2 Å². The lowest BCUT2D eigenvalue weighted by atomic mass is 10.2. The van der Waals surface area contributed by atoms with Crippen molar-refractivity contribution in [2.75, 3.05) is 31.7 Å². The Labute approximate surface area is 131 Å². The number of hydrogen-bond donors (Lipinski definition) is 2. The lowest BCUT2D eigenvalue weighted by molar-refractivity contribution is -0.117. The molecule has 2 N–H and O–H groups in total. The Balaban J connectivity index is 0.00000220. The van der Waals surface area contributed by atoms with Crippen molar-refractivity contribution in [1.82, 2.24) is 5.32 Å². The minimum Gasteiger partial charge on any atom is -0.489 e. The van der Waals surface area contributed by atoms with Gasteiger partial charge in [-0.15, -0.1) is 12.4 Å². The zero-order valence-corrected chi connectivity index (χ0v) is 12.7. The van der Waals surface area contributed by atoms with Gasteiger partial charge in [-0.1, -0.05) is 18.7 Å².